The second kappa shape index (κ2) is 8.15. The van der Waals surface area contributed by atoms with E-state index in [1.54, 1.807) is 0 Å². The lowest BCUT2D eigenvalue weighted by molar-refractivity contribution is -0.114. The van der Waals surface area contributed by atoms with Crippen molar-refractivity contribution in [3.8, 4) is 0 Å². The number of hydrogen-bond acceptors (Lipinski definition) is 3. The molecule has 2 N–H and O–H groups in total. The van der Waals surface area contributed by atoms with Crippen LogP contribution in [0.4, 0.5) is 11.4 Å². The third-order valence-electron chi connectivity index (χ3n) is 5.40. The number of nitrogens with one attached hydrogen (secondary N) is 2. The van der Waals surface area contributed by atoms with Crippen molar-refractivity contribution in [2.45, 2.75) is 45.3 Å². The van der Waals surface area contributed by atoms with Crippen LogP contribution in [0.2, 0.25) is 0 Å². The van der Waals surface area contributed by atoms with Gasteiger partial charge in [0.2, 0.25) is 5.91 Å². The van der Waals surface area contributed by atoms with Gasteiger partial charge in [-0.1, -0.05) is 6.07 Å². The van der Waals surface area contributed by atoms with Crippen molar-refractivity contribution in [1.82, 2.24) is 14.9 Å². The Hall–Kier alpha value is -3.19. The molecule has 31 heavy (non-hydrogen) atoms. The number of rotatable bonds is 4. The van der Waals surface area contributed by atoms with Gasteiger partial charge in [0.15, 0.2) is 5.11 Å². The highest BCUT2D eigenvalue weighted by molar-refractivity contribution is 7.80. The smallest absolute Gasteiger partial charge is 0.221 e. The second-order valence-corrected chi connectivity index (χ2v) is 9.13. The molecule has 1 saturated heterocycles. The molecule has 0 radical (unpaired) electrons. The van der Waals surface area contributed by atoms with Gasteiger partial charge in [-0.15, -0.1) is 0 Å². The minimum absolute atomic E-state index is 0.0177. The molecule has 1 aliphatic heterocycles. The zero-order valence-corrected chi connectivity index (χ0v) is 19.0. The average Bonchev–Trinajstić information content (AvgIpc) is 3.33. The van der Waals surface area contributed by atoms with Crippen molar-refractivity contribution in [1.29, 1.82) is 0 Å². The van der Waals surface area contributed by atoms with E-state index in [4.69, 9.17) is 12.2 Å². The van der Waals surface area contributed by atoms with Crippen LogP contribution in [0.25, 0.3) is 0 Å². The molecule has 0 spiro atoms. The number of benzene rings is 1. The van der Waals surface area contributed by atoms with E-state index in [0.717, 1.165) is 22.6 Å². The van der Waals surface area contributed by atoms with Gasteiger partial charge in [0.25, 0.3) is 0 Å². The van der Waals surface area contributed by atoms with Crippen molar-refractivity contribution < 1.29 is 4.79 Å². The Morgan fingerprint density at radius 1 is 1.13 bits per heavy atom. The first-order valence-corrected chi connectivity index (χ1v) is 10.7. The first kappa shape index (κ1) is 21.1. The van der Waals surface area contributed by atoms with Gasteiger partial charge in [-0.25, -0.2) is 0 Å². The van der Waals surface area contributed by atoms with E-state index in [1.807, 2.05) is 48.7 Å². The van der Waals surface area contributed by atoms with Crippen LogP contribution < -0.4 is 15.5 Å². The molecule has 0 bridgehead atoms. The normalized spacial score (nSPS) is 18.7. The van der Waals surface area contributed by atoms with Crippen LogP contribution in [-0.2, 0) is 10.3 Å². The first-order chi connectivity index (χ1) is 14.7. The Labute approximate surface area is 188 Å². The summed E-state index contributed by atoms with van der Waals surface area (Å²) in [5, 5.41) is 6.94. The SMILES string of the molecule is CC(=O)Nc1ccc(N2C(=S)N[C@@H](c3ccccn3)[C@@H]2c2ccn(C(C)(C)C)c2)cc1. The van der Waals surface area contributed by atoms with E-state index in [2.05, 4.69) is 64.3 Å². The summed E-state index contributed by atoms with van der Waals surface area (Å²) >= 11 is 5.77. The third kappa shape index (κ3) is 4.32. The largest absolute Gasteiger partial charge is 0.351 e. The summed E-state index contributed by atoms with van der Waals surface area (Å²) in [6.07, 6.45) is 6.11. The van der Waals surface area contributed by atoms with Crippen molar-refractivity contribution in [3.63, 3.8) is 0 Å². The summed E-state index contributed by atoms with van der Waals surface area (Å²) in [5.74, 6) is -0.0947. The summed E-state index contributed by atoms with van der Waals surface area (Å²) in [5.41, 5.74) is 3.79. The Morgan fingerprint density at radius 2 is 1.87 bits per heavy atom. The lowest BCUT2D eigenvalue weighted by Gasteiger charge is -2.28. The molecule has 1 amide bonds. The number of carbonyl (C=O) groups is 1. The molecule has 160 valence electrons. The number of carbonyl (C=O) groups excluding carboxylic acids is 1. The molecule has 1 aliphatic rings. The summed E-state index contributed by atoms with van der Waals surface area (Å²) in [6.45, 7) is 8.05. The highest BCUT2D eigenvalue weighted by atomic mass is 32.1. The van der Waals surface area contributed by atoms with Crippen LogP contribution in [0.5, 0.6) is 0 Å². The Bertz CT molecular complexity index is 1090. The zero-order valence-electron chi connectivity index (χ0n) is 18.2. The molecule has 0 aliphatic carbocycles. The highest BCUT2D eigenvalue weighted by Gasteiger charge is 2.41. The average molecular weight is 434 g/mol. The van der Waals surface area contributed by atoms with E-state index < -0.39 is 0 Å². The maximum Gasteiger partial charge on any atom is 0.221 e. The monoisotopic (exact) mass is 433 g/mol. The van der Waals surface area contributed by atoms with Crippen molar-refractivity contribution in [3.05, 3.63) is 78.4 Å². The number of pyridine rings is 1. The van der Waals surface area contributed by atoms with Crippen molar-refractivity contribution in [2.24, 2.45) is 0 Å². The molecule has 1 aromatic carbocycles. The summed E-state index contributed by atoms with van der Waals surface area (Å²) < 4.78 is 2.22. The fourth-order valence-electron chi connectivity index (χ4n) is 3.89. The second-order valence-electron chi connectivity index (χ2n) is 8.75. The number of anilines is 2. The predicted octanol–water partition coefficient (Wildman–Crippen LogP) is 4.77. The molecule has 0 unspecified atom stereocenters. The fraction of sp³-hybridized carbons (Fsp3) is 0.292. The Balaban J connectivity index is 1.76. The van der Waals surface area contributed by atoms with Gasteiger partial charge in [-0.05, 0) is 81.0 Å². The third-order valence-corrected chi connectivity index (χ3v) is 5.71. The van der Waals surface area contributed by atoms with Crippen molar-refractivity contribution in [2.75, 3.05) is 10.2 Å². The van der Waals surface area contributed by atoms with E-state index in [-0.39, 0.29) is 23.5 Å². The van der Waals surface area contributed by atoms with Crippen LogP contribution in [0, 0.1) is 0 Å². The van der Waals surface area contributed by atoms with Crippen LogP contribution in [0.1, 0.15) is 51.0 Å². The van der Waals surface area contributed by atoms with Crippen molar-refractivity contribution >= 4 is 34.6 Å². The standard InChI is InChI=1S/C24H27N5OS/c1-16(30)26-18-8-10-19(11-9-18)29-22(17-12-14-28(15-17)24(2,3)4)21(27-23(29)31)20-7-5-6-13-25-20/h5-15,21-22H,1-4H3,(H,26,30)(H,27,31)/t21-,22-/m0/s1. The Kier molecular flexibility index (Phi) is 5.54. The van der Waals surface area contributed by atoms with Gasteiger partial charge in [0.05, 0.1) is 17.8 Å². The fourth-order valence-corrected chi connectivity index (χ4v) is 4.23. The summed E-state index contributed by atoms with van der Waals surface area (Å²) in [7, 11) is 0. The molecule has 7 heteroatoms. The molecule has 2 aromatic heterocycles. The zero-order chi connectivity index (χ0) is 22.2. The van der Waals surface area contributed by atoms with E-state index in [1.165, 1.54) is 6.92 Å². The molecule has 0 saturated carbocycles. The molecular formula is C24H27N5OS. The van der Waals surface area contributed by atoms with E-state index in [9.17, 15) is 4.79 Å². The number of hydrogen-bond donors (Lipinski definition) is 2. The molecule has 2 atom stereocenters. The molecule has 4 rings (SSSR count). The maximum atomic E-state index is 11.4. The molecule has 3 heterocycles. The van der Waals surface area contributed by atoms with E-state index >= 15 is 0 Å². The van der Waals surface area contributed by atoms with E-state index in [0.29, 0.717) is 5.11 Å². The van der Waals surface area contributed by atoms with Gasteiger partial charge in [0, 0.05) is 42.4 Å². The first-order valence-electron chi connectivity index (χ1n) is 10.3. The van der Waals surface area contributed by atoms with Crippen LogP contribution in [0.15, 0.2) is 67.1 Å². The summed E-state index contributed by atoms with van der Waals surface area (Å²) in [6, 6.07) is 15.7. The van der Waals surface area contributed by atoms with Crippen LogP contribution >= 0.6 is 12.2 Å². The lowest BCUT2D eigenvalue weighted by Crippen LogP contribution is -2.29. The van der Waals surface area contributed by atoms with Crippen LogP contribution in [-0.4, -0.2) is 20.6 Å². The maximum absolute atomic E-state index is 11.4. The van der Waals surface area contributed by atoms with Gasteiger partial charge in [0.1, 0.15) is 0 Å². The molecule has 1 fully saturated rings. The van der Waals surface area contributed by atoms with Crippen LogP contribution in [0.3, 0.4) is 0 Å². The number of thiocarbonyl (C=S) groups is 1. The van der Waals surface area contributed by atoms with Gasteiger partial charge in [-0.3, -0.25) is 9.78 Å². The number of aromatic nitrogens is 2. The molecule has 6 nitrogen and oxygen atoms in total. The van der Waals surface area contributed by atoms with Gasteiger partial charge in [-0.2, -0.15) is 0 Å². The van der Waals surface area contributed by atoms with Gasteiger partial charge >= 0.3 is 0 Å². The van der Waals surface area contributed by atoms with Gasteiger partial charge < -0.3 is 20.1 Å². The minimum atomic E-state index is -0.0947. The Morgan fingerprint density at radius 3 is 2.45 bits per heavy atom. The minimum Gasteiger partial charge on any atom is -0.351 e. The summed E-state index contributed by atoms with van der Waals surface area (Å²) in [4.78, 5) is 18.1. The topological polar surface area (TPSA) is 62.2 Å². The molecule has 3 aromatic rings. The number of nitrogens with zero attached hydrogens (tertiary/aromatic N) is 3. The lowest BCUT2D eigenvalue weighted by atomic mass is 9.98. The molecular weight excluding hydrogens is 406 g/mol. The predicted molar refractivity (Wildman–Crippen MR) is 128 cm³/mol. The number of amides is 1. The quantitative estimate of drug-likeness (QED) is 0.580. The highest BCUT2D eigenvalue weighted by Crippen LogP contribution is 2.42.